The van der Waals surface area contributed by atoms with Crippen LogP contribution in [0.15, 0.2) is 60.0 Å². The molecule has 2 aromatic rings. The minimum atomic E-state index is -0.190. The molecule has 150 valence electrons. The quantitative estimate of drug-likeness (QED) is 0.278. The normalized spacial score (nSPS) is 14.6. The van der Waals surface area contributed by atoms with Crippen molar-refractivity contribution in [1.82, 2.24) is 5.32 Å². The number of hydrogen-bond donors (Lipinski definition) is 1. The van der Waals surface area contributed by atoms with E-state index in [0.717, 1.165) is 17.5 Å². The topological polar surface area (TPSA) is 56.8 Å². The van der Waals surface area contributed by atoms with E-state index in [4.69, 9.17) is 26.4 Å². The van der Waals surface area contributed by atoms with E-state index in [0.29, 0.717) is 39.7 Å². The first-order chi connectivity index (χ1) is 14.1. The van der Waals surface area contributed by atoms with Crippen molar-refractivity contribution >= 4 is 40.3 Å². The summed E-state index contributed by atoms with van der Waals surface area (Å²) in [5, 5.41) is 2.61. The average Bonchev–Trinajstić information content (AvgIpc) is 3.04. The van der Waals surface area contributed by atoms with Crippen LogP contribution in [0.4, 0.5) is 0 Å². The summed E-state index contributed by atoms with van der Waals surface area (Å²) in [6, 6.07) is 13.3. The second-order valence-electron chi connectivity index (χ2n) is 6.06. The number of methoxy groups -OCH3 is 1. The fourth-order valence-corrected chi connectivity index (χ4v) is 3.76. The van der Waals surface area contributed by atoms with E-state index >= 15 is 0 Å². The van der Waals surface area contributed by atoms with Crippen LogP contribution in [0, 0.1) is 0 Å². The zero-order valence-corrected chi connectivity index (χ0v) is 17.6. The summed E-state index contributed by atoms with van der Waals surface area (Å²) in [7, 11) is 1.61. The minimum absolute atomic E-state index is 0.190. The van der Waals surface area contributed by atoms with Gasteiger partial charge >= 0.3 is 0 Å². The maximum Gasteiger partial charge on any atom is 0.263 e. The van der Waals surface area contributed by atoms with Gasteiger partial charge in [-0.15, -0.1) is 6.58 Å². The molecule has 5 nitrogen and oxygen atoms in total. The summed E-state index contributed by atoms with van der Waals surface area (Å²) in [6.45, 7) is 4.44. The van der Waals surface area contributed by atoms with Gasteiger partial charge in [-0.05, 0) is 36.3 Å². The van der Waals surface area contributed by atoms with Gasteiger partial charge in [0.25, 0.3) is 5.91 Å². The van der Waals surface area contributed by atoms with Gasteiger partial charge in [0, 0.05) is 5.56 Å². The number of carbonyl (C=O) groups excluding carboxylic acids is 1. The van der Waals surface area contributed by atoms with Crippen LogP contribution in [-0.4, -0.2) is 30.6 Å². The summed E-state index contributed by atoms with van der Waals surface area (Å²) in [4.78, 5) is 12.4. The third-order valence-electron chi connectivity index (χ3n) is 4.05. The Kier molecular flexibility index (Phi) is 7.32. The van der Waals surface area contributed by atoms with Crippen molar-refractivity contribution in [3.8, 4) is 17.2 Å². The first-order valence-electron chi connectivity index (χ1n) is 8.98. The summed E-state index contributed by atoms with van der Waals surface area (Å²) in [5.74, 6) is 1.81. The Labute approximate surface area is 179 Å². The lowest BCUT2D eigenvalue weighted by atomic mass is 10.1. The minimum Gasteiger partial charge on any atom is -0.493 e. The number of rotatable bonds is 9. The standard InChI is InChI=1S/C22H21NO4S2/c1-3-6-15-9-10-18(19(13-15)25-2)27-12-11-26-17-8-5-4-7-16(17)14-20-21(24)23-22(28)29-20/h3-5,7-10,13-14H,1,6,11-12H2,2H3,(H,23,24,28)/b20-14-. The van der Waals surface area contributed by atoms with E-state index in [-0.39, 0.29) is 5.91 Å². The Bertz CT molecular complexity index is 956. The summed E-state index contributed by atoms with van der Waals surface area (Å²) in [6.07, 6.45) is 4.39. The molecule has 1 N–H and O–H groups in total. The van der Waals surface area contributed by atoms with E-state index < -0.39 is 0 Å². The van der Waals surface area contributed by atoms with Crippen molar-refractivity contribution < 1.29 is 19.0 Å². The van der Waals surface area contributed by atoms with Crippen molar-refractivity contribution in [2.45, 2.75) is 6.42 Å². The van der Waals surface area contributed by atoms with Crippen molar-refractivity contribution in [1.29, 1.82) is 0 Å². The van der Waals surface area contributed by atoms with Crippen LogP contribution in [0.1, 0.15) is 11.1 Å². The summed E-state index contributed by atoms with van der Waals surface area (Å²) >= 11 is 6.27. The number of thioether (sulfide) groups is 1. The number of allylic oxidation sites excluding steroid dienone is 1. The molecule has 3 rings (SSSR count). The molecule has 1 saturated heterocycles. The molecule has 1 heterocycles. The molecule has 0 unspecified atom stereocenters. The van der Waals surface area contributed by atoms with Gasteiger partial charge in [0.2, 0.25) is 0 Å². The average molecular weight is 428 g/mol. The number of thiocarbonyl (C=S) groups is 1. The lowest BCUT2D eigenvalue weighted by molar-refractivity contribution is -0.115. The molecule has 0 radical (unpaired) electrons. The maximum atomic E-state index is 11.9. The van der Waals surface area contributed by atoms with Crippen LogP contribution < -0.4 is 19.5 Å². The fraction of sp³-hybridized carbons (Fsp3) is 0.182. The van der Waals surface area contributed by atoms with Gasteiger partial charge < -0.3 is 19.5 Å². The molecule has 1 aliphatic rings. The summed E-state index contributed by atoms with van der Waals surface area (Å²) in [5.41, 5.74) is 1.91. The third kappa shape index (κ3) is 5.62. The Morgan fingerprint density at radius 3 is 2.55 bits per heavy atom. The van der Waals surface area contributed by atoms with E-state index in [2.05, 4.69) is 11.9 Å². The Morgan fingerprint density at radius 1 is 1.10 bits per heavy atom. The number of carbonyl (C=O) groups is 1. The van der Waals surface area contributed by atoms with Gasteiger partial charge in [-0.1, -0.05) is 54.3 Å². The number of ether oxygens (including phenoxy) is 3. The SMILES string of the molecule is C=CCc1ccc(OCCOc2ccccc2/C=C2\SC(=S)NC2=O)c(OC)c1. The second kappa shape index (κ2) is 10.1. The van der Waals surface area contributed by atoms with E-state index in [1.54, 1.807) is 13.2 Å². The molecule has 0 spiro atoms. The number of benzene rings is 2. The smallest absolute Gasteiger partial charge is 0.263 e. The van der Waals surface area contributed by atoms with Crippen LogP contribution in [0.5, 0.6) is 17.2 Å². The van der Waals surface area contributed by atoms with Gasteiger partial charge in [0.05, 0.1) is 12.0 Å². The number of nitrogens with one attached hydrogen (secondary N) is 1. The molecule has 0 saturated carbocycles. The monoisotopic (exact) mass is 427 g/mol. The molecule has 1 amide bonds. The summed E-state index contributed by atoms with van der Waals surface area (Å²) < 4.78 is 17.5. The van der Waals surface area contributed by atoms with E-state index in [1.807, 2.05) is 48.5 Å². The van der Waals surface area contributed by atoms with Crippen molar-refractivity contribution in [3.63, 3.8) is 0 Å². The fourth-order valence-electron chi connectivity index (χ4n) is 2.72. The van der Waals surface area contributed by atoms with Gasteiger partial charge in [-0.3, -0.25) is 4.79 Å². The van der Waals surface area contributed by atoms with Crippen LogP contribution in [0.2, 0.25) is 0 Å². The highest BCUT2D eigenvalue weighted by Gasteiger charge is 2.22. The predicted molar refractivity (Wildman–Crippen MR) is 121 cm³/mol. The molecule has 7 heteroatoms. The van der Waals surface area contributed by atoms with Gasteiger partial charge in [0.15, 0.2) is 11.5 Å². The largest absolute Gasteiger partial charge is 0.493 e. The van der Waals surface area contributed by atoms with Gasteiger partial charge in [-0.2, -0.15) is 0 Å². The Morgan fingerprint density at radius 2 is 1.86 bits per heavy atom. The second-order valence-corrected chi connectivity index (χ2v) is 7.78. The Balaban J connectivity index is 1.60. The molecule has 1 aliphatic heterocycles. The molecule has 0 atom stereocenters. The molecule has 0 aliphatic carbocycles. The third-order valence-corrected chi connectivity index (χ3v) is 5.22. The maximum absolute atomic E-state index is 11.9. The van der Waals surface area contributed by atoms with Gasteiger partial charge in [-0.25, -0.2) is 0 Å². The molecule has 2 aromatic carbocycles. The molecular weight excluding hydrogens is 406 g/mol. The van der Waals surface area contributed by atoms with Crippen LogP contribution >= 0.6 is 24.0 Å². The van der Waals surface area contributed by atoms with Crippen LogP contribution in [-0.2, 0) is 11.2 Å². The van der Waals surface area contributed by atoms with Crippen LogP contribution in [0.25, 0.3) is 6.08 Å². The highest BCUT2D eigenvalue weighted by atomic mass is 32.2. The van der Waals surface area contributed by atoms with E-state index in [9.17, 15) is 4.79 Å². The highest BCUT2D eigenvalue weighted by Crippen LogP contribution is 2.30. The molecule has 0 aromatic heterocycles. The van der Waals surface area contributed by atoms with Gasteiger partial charge in [0.1, 0.15) is 23.3 Å². The van der Waals surface area contributed by atoms with Crippen LogP contribution in [0.3, 0.4) is 0 Å². The predicted octanol–water partition coefficient (Wildman–Crippen LogP) is 4.37. The van der Waals surface area contributed by atoms with Crippen molar-refractivity contribution in [2.24, 2.45) is 0 Å². The van der Waals surface area contributed by atoms with E-state index in [1.165, 1.54) is 11.8 Å². The lowest BCUT2D eigenvalue weighted by Crippen LogP contribution is -2.17. The number of hydrogen-bond acceptors (Lipinski definition) is 6. The first-order valence-corrected chi connectivity index (χ1v) is 10.2. The Hall–Kier alpha value is -2.77. The molecular formula is C22H21NO4S2. The molecule has 1 fully saturated rings. The zero-order valence-electron chi connectivity index (χ0n) is 16.0. The lowest BCUT2D eigenvalue weighted by Gasteiger charge is -2.13. The zero-order chi connectivity index (χ0) is 20.6. The highest BCUT2D eigenvalue weighted by molar-refractivity contribution is 8.26. The number of amides is 1. The molecule has 0 bridgehead atoms. The molecule has 29 heavy (non-hydrogen) atoms. The van der Waals surface area contributed by atoms with Crippen molar-refractivity contribution in [2.75, 3.05) is 20.3 Å². The van der Waals surface area contributed by atoms with Crippen molar-refractivity contribution in [3.05, 3.63) is 71.2 Å². The first kappa shape index (κ1) is 21.0. The number of para-hydroxylation sites is 1.